The van der Waals surface area contributed by atoms with Crippen LogP contribution in [0.4, 0.5) is 0 Å². The van der Waals surface area contributed by atoms with Crippen LogP contribution in [-0.2, 0) is 38.7 Å². The van der Waals surface area contributed by atoms with E-state index in [9.17, 15) is 26.4 Å². The van der Waals surface area contributed by atoms with E-state index in [0.29, 0.717) is 24.2 Å². The van der Waals surface area contributed by atoms with Crippen molar-refractivity contribution >= 4 is 43.9 Å². The Morgan fingerprint density at radius 1 is 1.21 bits per heavy atom. The summed E-state index contributed by atoms with van der Waals surface area (Å²) in [5.74, 6) is -0.786. The summed E-state index contributed by atoms with van der Waals surface area (Å²) in [6.07, 6.45) is 1.53. The number of carbonyl (C=O) groups excluding carboxylic acids is 2. The van der Waals surface area contributed by atoms with E-state index in [2.05, 4.69) is 14.2 Å². The van der Waals surface area contributed by atoms with Crippen molar-refractivity contribution < 1.29 is 35.3 Å². The highest BCUT2D eigenvalue weighted by atomic mass is 35.5. The second-order valence-corrected chi connectivity index (χ2v) is 9.75. The number of carbonyl (C=O) groups is 2. The van der Waals surface area contributed by atoms with Crippen molar-refractivity contribution in [3.8, 4) is 0 Å². The van der Waals surface area contributed by atoms with Gasteiger partial charge in [0.15, 0.2) is 0 Å². The topological polar surface area (TPSA) is 145 Å². The van der Waals surface area contributed by atoms with Gasteiger partial charge in [0.1, 0.15) is 18.4 Å². The Bertz CT molecular complexity index is 888. The van der Waals surface area contributed by atoms with E-state index >= 15 is 0 Å². The van der Waals surface area contributed by atoms with Crippen molar-refractivity contribution in [1.29, 1.82) is 0 Å². The van der Waals surface area contributed by atoms with Gasteiger partial charge < -0.3 is 14.8 Å². The number of benzene rings is 1. The normalized spacial score (nSPS) is 14.2. The van der Waals surface area contributed by atoms with Gasteiger partial charge in [-0.2, -0.15) is 13.1 Å². The van der Waals surface area contributed by atoms with Gasteiger partial charge in [-0.05, 0) is 37.1 Å². The summed E-state index contributed by atoms with van der Waals surface area (Å²) in [6, 6.07) is 3.69. The Labute approximate surface area is 175 Å². The lowest BCUT2D eigenvalue weighted by atomic mass is 10.2. The van der Waals surface area contributed by atoms with Gasteiger partial charge in [-0.25, -0.2) is 8.42 Å². The maximum Gasteiger partial charge on any atom is 0.264 e. The summed E-state index contributed by atoms with van der Waals surface area (Å²) in [6.45, 7) is -0.614. The maximum atomic E-state index is 12.5. The van der Waals surface area contributed by atoms with Crippen LogP contribution in [0.1, 0.15) is 12.8 Å². The molecule has 0 saturated heterocycles. The third-order valence-electron chi connectivity index (χ3n) is 3.61. The Balaban J connectivity index is 2.82. The number of halogens is 1. The smallest absolute Gasteiger partial charge is 0.264 e. The van der Waals surface area contributed by atoms with E-state index in [1.165, 1.54) is 31.4 Å². The van der Waals surface area contributed by atoms with E-state index in [4.69, 9.17) is 16.3 Å². The summed E-state index contributed by atoms with van der Waals surface area (Å²) in [5, 5.41) is 2.79. The van der Waals surface area contributed by atoms with Gasteiger partial charge in [-0.1, -0.05) is 11.6 Å². The van der Waals surface area contributed by atoms with Crippen LogP contribution in [-0.4, -0.2) is 67.7 Å². The zero-order valence-corrected chi connectivity index (χ0v) is 18.2. The van der Waals surface area contributed by atoms with Gasteiger partial charge in [0.2, 0.25) is 15.9 Å². The van der Waals surface area contributed by atoms with Crippen molar-refractivity contribution in [3.63, 3.8) is 0 Å². The molecule has 0 bridgehead atoms. The SMILES string of the molecule is COC(C=O)CCCNC(=O)[C@H](COS(C)(=O)=O)NS(=O)(=O)c1ccc(Cl)cc1. The minimum atomic E-state index is -4.15. The number of rotatable bonds is 13. The molecule has 2 N–H and O–H groups in total. The first-order valence-corrected chi connectivity index (χ1v) is 12.0. The number of methoxy groups -OCH3 is 1. The van der Waals surface area contributed by atoms with Crippen molar-refractivity contribution in [3.05, 3.63) is 29.3 Å². The first-order valence-electron chi connectivity index (χ1n) is 8.36. The molecule has 29 heavy (non-hydrogen) atoms. The first kappa shape index (κ1) is 25.5. The minimum Gasteiger partial charge on any atom is -0.374 e. The van der Waals surface area contributed by atoms with Crippen molar-refractivity contribution in [2.45, 2.75) is 29.9 Å². The molecule has 0 heterocycles. The first-order chi connectivity index (χ1) is 13.5. The van der Waals surface area contributed by atoms with Gasteiger partial charge in [-0.15, -0.1) is 0 Å². The molecule has 0 aliphatic carbocycles. The molecule has 13 heteroatoms. The molecule has 0 aliphatic heterocycles. The monoisotopic (exact) mass is 470 g/mol. The molecule has 10 nitrogen and oxygen atoms in total. The van der Waals surface area contributed by atoms with Gasteiger partial charge in [-0.3, -0.25) is 8.98 Å². The predicted octanol–water partition coefficient (Wildman–Crippen LogP) is 0.0734. The van der Waals surface area contributed by atoms with Crippen LogP contribution in [0.3, 0.4) is 0 Å². The molecule has 1 amide bonds. The number of nitrogens with one attached hydrogen (secondary N) is 2. The Kier molecular flexibility index (Phi) is 10.2. The lowest BCUT2D eigenvalue weighted by molar-refractivity contribution is -0.123. The third-order valence-corrected chi connectivity index (χ3v) is 5.91. The predicted molar refractivity (Wildman–Crippen MR) is 105 cm³/mol. The largest absolute Gasteiger partial charge is 0.374 e. The zero-order valence-electron chi connectivity index (χ0n) is 15.8. The summed E-state index contributed by atoms with van der Waals surface area (Å²) >= 11 is 5.74. The second kappa shape index (κ2) is 11.6. The second-order valence-electron chi connectivity index (χ2n) is 5.96. The Hall–Kier alpha value is -1.57. The third kappa shape index (κ3) is 9.65. The van der Waals surface area contributed by atoms with Crippen molar-refractivity contribution in [2.24, 2.45) is 0 Å². The summed E-state index contributed by atoms with van der Waals surface area (Å²) < 4.78 is 59.0. The fraction of sp³-hybridized carbons (Fsp3) is 0.500. The average Bonchev–Trinajstić information content (AvgIpc) is 2.64. The van der Waals surface area contributed by atoms with E-state index < -0.39 is 44.8 Å². The van der Waals surface area contributed by atoms with Crippen LogP contribution >= 0.6 is 11.6 Å². The standard InChI is InChI=1S/C16H23ClN2O8S2/c1-26-13(10-20)4-3-9-18-16(21)15(11-27-28(2,22)23)19-29(24,25)14-7-5-12(17)6-8-14/h5-8,10,13,15,19H,3-4,9,11H2,1-2H3,(H,18,21)/t13?,15-/m0/s1. The Morgan fingerprint density at radius 2 is 1.83 bits per heavy atom. The molecule has 1 aromatic rings. The summed E-state index contributed by atoms with van der Waals surface area (Å²) in [7, 11) is -6.68. The molecule has 1 aromatic carbocycles. The lowest BCUT2D eigenvalue weighted by Gasteiger charge is -2.18. The number of sulfonamides is 1. The highest BCUT2D eigenvalue weighted by Gasteiger charge is 2.27. The van der Waals surface area contributed by atoms with E-state index in [0.717, 1.165) is 6.26 Å². The molecular weight excluding hydrogens is 448 g/mol. The fourth-order valence-corrected chi connectivity index (χ4v) is 3.79. The molecule has 0 spiro atoms. The summed E-state index contributed by atoms with van der Waals surface area (Å²) in [4.78, 5) is 22.9. The number of hydrogen-bond donors (Lipinski definition) is 2. The van der Waals surface area contributed by atoms with Gasteiger partial charge in [0.05, 0.1) is 17.8 Å². The number of aldehydes is 1. The van der Waals surface area contributed by atoms with E-state index in [1.54, 1.807) is 0 Å². The molecule has 0 aliphatic rings. The van der Waals surface area contributed by atoms with E-state index in [-0.39, 0.29) is 11.4 Å². The lowest BCUT2D eigenvalue weighted by Crippen LogP contribution is -2.49. The molecule has 0 saturated carbocycles. The molecular formula is C16H23ClN2O8S2. The fourth-order valence-electron chi connectivity index (χ4n) is 2.10. The van der Waals surface area contributed by atoms with Crippen LogP contribution in [0.15, 0.2) is 29.2 Å². The highest BCUT2D eigenvalue weighted by molar-refractivity contribution is 7.89. The van der Waals surface area contributed by atoms with Crippen molar-refractivity contribution in [2.75, 3.05) is 26.5 Å². The summed E-state index contributed by atoms with van der Waals surface area (Å²) in [5.41, 5.74) is 0. The molecule has 1 rings (SSSR count). The maximum absolute atomic E-state index is 12.5. The zero-order chi connectivity index (χ0) is 22.1. The van der Waals surface area contributed by atoms with Crippen LogP contribution < -0.4 is 10.0 Å². The van der Waals surface area contributed by atoms with Crippen molar-refractivity contribution in [1.82, 2.24) is 10.0 Å². The molecule has 0 fully saturated rings. The average molecular weight is 471 g/mol. The van der Waals surface area contributed by atoms with E-state index in [1.807, 2.05) is 0 Å². The number of ether oxygens (including phenoxy) is 1. The molecule has 164 valence electrons. The highest BCUT2D eigenvalue weighted by Crippen LogP contribution is 2.14. The molecule has 0 aromatic heterocycles. The van der Waals surface area contributed by atoms with Crippen LogP contribution in [0, 0.1) is 0 Å². The Morgan fingerprint density at radius 3 is 2.34 bits per heavy atom. The molecule has 0 radical (unpaired) electrons. The van der Waals surface area contributed by atoms with Crippen LogP contribution in [0.25, 0.3) is 0 Å². The van der Waals surface area contributed by atoms with Gasteiger partial charge in [0, 0.05) is 18.7 Å². The van der Waals surface area contributed by atoms with Crippen LogP contribution in [0.5, 0.6) is 0 Å². The van der Waals surface area contributed by atoms with Crippen LogP contribution in [0.2, 0.25) is 5.02 Å². The number of amides is 1. The van der Waals surface area contributed by atoms with Gasteiger partial charge in [0.25, 0.3) is 10.1 Å². The molecule has 2 atom stereocenters. The number of hydrogen-bond acceptors (Lipinski definition) is 8. The quantitative estimate of drug-likeness (QED) is 0.234. The minimum absolute atomic E-state index is 0.116. The van der Waals surface area contributed by atoms with Gasteiger partial charge >= 0.3 is 0 Å². The molecule has 1 unspecified atom stereocenters.